The number of benzene rings is 2. The minimum absolute atomic E-state index is 0.0741. The first kappa shape index (κ1) is 19.9. The third-order valence-corrected chi connectivity index (χ3v) is 6.14. The third-order valence-electron chi connectivity index (χ3n) is 5.78. The Bertz CT molecular complexity index is 1010. The van der Waals surface area contributed by atoms with Gasteiger partial charge in [-0.3, -0.25) is 4.79 Å². The number of nitrogens with zero attached hydrogens (tertiary/aromatic N) is 2. The highest BCUT2D eigenvalue weighted by Crippen LogP contribution is 2.28. The fourth-order valence-electron chi connectivity index (χ4n) is 4.19. The number of nitrogens with one attached hydrogen (secondary N) is 1. The van der Waals surface area contributed by atoms with Crippen LogP contribution in [0.5, 0.6) is 0 Å². The molecule has 1 heterocycles. The van der Waals surface area contributed by atoms with E-state index in [2.05, 4.69) is 5.32 Å². The first-order valence-corrected chi connectivity index (χ1v) is 10.6. The summed E-state index contributed by atoms with van der Waals surface area (Å²) in [4.78, 5) is 17.5. The highest BCUT2D eigenvalue weighted by molar-refractivity contribution is 6.31. The fraction of sp³-hybridized carbons (Fsp3) is 0.391. The Morgan fingerprint density at radius 1 is 1.21 bits per heavy atom. The van der Waals surface area contributed by atoms with Crippen molar-refractivity contribution in [2.45, 2.75) is 51.6 Å². The molecule has 1 aliphatic rings. The van der Waals surface area contributed by atoms with E-state index < -0.39 is 0 Å². The van der Waals surface area contributed by atoms with Crippen LogP contribution < -0.4 is 5.32 Å². The van der Waals surface area contributed by atoms with E-state index in [9.17, 15) is 9.18 Å². The molecule has 1 fully saturated rings. The normalized spacial score (nSPS) is 16.1. The summed E-state index contributed by atoms with van der Waals surface area (Å²) in [5.41, 5.74) is 2.12. The molecule has 0 bridgehead atoms. The Morgan fingerprint density at radius 2 is 1.97 bits per heavy atom. The zero-order valence-electron chi connectivity index (χ0n) is 16.5. The number of hydrogen-bond donors (Lipinski definition) is 1. The number of para-hydroxylation sites is 2. The van der Waals surface area contributed by atoms with Crippen LogP contribution in [0.2, 0.25) is 5.02 Å². The molecular weight excluding hydrogens is 389 g/mol. The molecule has 29 heavy (non-hydrogen) atoms. The summed E-state index contributed by atoms with van der Waals surface area (Å²) in [6, 6.07) is 12.1. The van der Waals surface area contributed by atoms with Crippen LogP contribution >= 0.6 is 11.6 Å². The van der Waals surface area contributed by atoms with Gasteiger partial charge in [-0.1, -0.05) is 49.1 Å². The van der Waals surface area contributed by atoms with Crippen molar-refractivity contribution in [3.63, 3.8) is 0 Å². The van der Waals surface area contributed by atoms with Crippen LogP contribution in [0.15, 0.2) is 42.5 Å². The SMILES string of the molecule is CC(NC(=O)C1CCCCC1)c1nc2ccccc2n1Cc1c(F)cccc1Cl. The van der Waals surface area contributed by atoms with Crippen LogP contribution in [0.1, 0.15) is 56.5 Å². The van der Waals surface area contributed by atoms with Crippen molar-refractivity contribution in [3.8, 4) is 0 Å². The average Bonchev–Trinajstić information content (AvgIpc) is 3.10. The Hall–Kier alpha value is -2.40. The van der Waals surface area contributed by atoms with Crippen molar-refractivity contribution >= 4 is 28.5 Å². The Kier molecular flexibility index (Phi) is 5.86. The molecule has 1 amide bonds. The number of carbonyl (C=O) groups is 1. The zero-order valence-corrected chi connectivity index (χ0v) is 17.3. The van der Waals surface area contributed by atoms with Crippen LogP contribution in [0, 0.1) is 11.7 Å². The second-order valence-corrected chi connectivity index (χ2v) is 8.22. The lowest BCUT2D eigenvalue weighted by Gasteiger charge is -2.23. The second-order valence-electron chi connectivity index (χ2n) is 7.81. The van der Waals surface area contributed by atoms with Gasteiger partial charge in [0.25, 0.3) is 0 Å². The van der Waals surface area contributed by atoms with Crippen molar-refractivity contribution in [2.24, 2.45) is 5.92 Å². The van der Waals surface area contributed by atoms with Crippen molar-refractivity contribution in [3.05, 3.63) is 64.7 Å². The topological polar surface area (TPSA) is 46.9 Å². The molecule has 4 nitrogen and oxygen atoms in total. The highest BCUT2D eigenvalue weighted by Gasteiger charge is 2.25. The fourth-order valence-corrected chi connectivity index (χ4v) is 4.42. The van der Waals surface area contributed by atoms with Gasteiger partial charge in [-0.05, 0) is 44.0 Å². The number of hydrogen-bond acceptors (Lipinski definition) is 2. The number of imidazole rings is 1. The van der Waals surface area contributed by atoms with Crippen LogP contribution in [0.25, 0.3) is 11.0 Å². The van der Waals surface area contributed by atoms with Gasteiger partial charge in [0, 0.05) is 16.5 Å². The molecule has 1 N–H and O–H groups in total. The van der Waals surface area contributed by atoms with Gasteiger partial charge in [0.2, 0.25) is 5.91 Å². The number of aromatic nitrogens is 2. The largest absolute Gasteiger partial charge is 0.346 e. The van der Waals surface area contributed by atoms with Gasteiger partial charge in [-0.25, -0.2) is 9.37 Å². The number of fused-ring (bicyclic) bond motifs is 1. The number of rotatable bonds is 5. The summed E-state index contributed by atoms with van der Waals surface area (Å²) in [6.45, 7) is 2.19. The van der Waals surface area contributed by atoms with Gasteiger partial charge >= 0.3 is 0 Å². The molecule has 2 aromatic carbocycles. The summed E-state index contributed by atoms with van der Waals surface area (Å²) in [5, 5.41) is 3.52. The summed E-state index contributed by atoms with van der Waals surface area (Å²) in [7, 11) is 0. The predicted molar refractivity (Wildman–Crippen MR) is 113 cm³/mol. The zero-order chi connectivity index (χ0) is 20.4. The first-order valence-electron chi connectivity index (χ1n) is 10.2. The standard InChI is InChI=1S/C23H25ClFN3O/c1-15(26-23(29)16-8-3-2-4-9-16)22-27-20-12-5-6-13-21(20)28(22)14-17-18(24)10-7-11-19(17)25/h5-7,10-13,15-16H,2-4,8-9,14H2,1H3,(H,26,29). The van der Waals surface area contributed by atoms with E-state index in [4.69, 9.17) is 16.6 Å². The number of amides is 1. The van der Waals surface area contributed by atoms with E-state index in [1.54, 1.807) is 12.1 Å². The van der Waals surface area contributed by atoms with Gasteiger partial charge in [0.1, 0.15) is 11.6 Å². The van der Waals surface area contributed by atoms with Gasteiger partial charge in [-0.2, -0.15) is 0 Å². The molecule has 1 saturated carbocycles. The molecule has 4 rings (SSSR count). The van der Waals surface area contributed by atoms with Crippen LogP contribution in [0.3, 0.4) is 0 Å². The molecular formula is C23H25ClFN3O. The first-order chi connectivity index (χ1) is 14.0. The van der Waals surface area contributed by atoms with Crippen LogP contribution in [0.4, 0.5) is 4.39 Å². The molecule has 0 saturated heterocycles. The smallest absolute Gasteiger partial charge is 0.223 e. The Morgan fingerprint density at radius 3 is 2.72 bits per heavy atom. The van der Waals surface area contributed by atoms with Gasteiger partial charge in [0.05, 0.1) is 23.6 Å². The maximum absolute atomic E-state index is 14.4. The third kappa shape index (κ3) is 4.15. The van der Waals surface area contributed by atoms with Crippen molar-refractivity contribution in [2.75, 3.05) is 0 Å². The summed E-state index contributed by atoms with van der Waals surface area (Å²) >= 11 is 6.27. The molecule has 1 atom stereocenters. The van der Waals surface area contributed by atoms with E-state index in [0.29, 0.717) is 16.4 Å². The van der Waals surface area contributed by atoms with Crippen molar-refractivity contribution in [1.29, 1.82) is 0 Å². The van der Waals surface area contributed by atoms with E-state index in [1.807, 2.05) is 35.8 Å². The second kappa shape index (κ2) is 8.54. The molecule has 1 aliphatic carbocycles. The summed E-state index contributed by atoms with van der Waals surface area (Å²) in [6.07, 6.45) is 5.31. The van der Waals surface area contributed by atoms with E-state index in [-0.39, 0.29) is 30.2 Å². The van der Waals surface area contributed by atoms with E-state index >= 15 is 0 Å². The quantitative estimate of drug-likeness (QED) is 0.588. The van der Waals surface area contributed by atoms with E-state index in [1.165, 1.54) is 12.5 Å². The van der Waals surface area contributed by atoms with Gasteiger partial charge in [-0.15, -0.1) is 0 Å². The lowest BCUT2D eigenvalue weighted by molar-refractivity contribution is -0.126. The highest BCUT2D eigenvalue weighted by atomic mass is 35.5. The number of carbonyl (C=O) groups excluding carboxylic acids is 1. The minimum atomic E-state index is -0.347. The molecule has 0 radical (unpaired) electrons. The van der Waals surface area contributed by atoms with Crippen LogP contribution in [-0.2, 0) is 11.3 Å². The molecule has 3 aromatic rings. The maximum Gasteiger partial charge on any atom is 0.223 e. The Balaban J connectivity index is 1.66. The molecule has 152 valence electrons. The molecule has 6 heteroatoms. The maximum atomic E-state index is 14.4. The monoisotopic (exact) mass is 413 g/mol. The molecule has 1 aromatic heterocycles. The summed E-state index contributed by atoms with van der Waals surface area (Å²) in [5.74, 6) is 0.513. The summed E-state index contributed by atoms with van der Waals surface area (Å²) < 4.78 is 16.4. The van der Waals surface area contributed by atoms with Gasteiger partial charge < -0.3 is 9.88 Å². The Labute approximate surface area is 175 Å². The van der Waals surface area contributed by atoms with Crippen molar-refractivity contribution in [1.82, 2.24) is 14.9 Å². The number of halogens is 2. The van der Waals surface area contributed by atoms with Crippen LogP contribution in [-0.4, -0.2) is 15.5 Å². The lowest BCUT2D eigenvalue weighted by Crippen LogP contribution is -2.35. The van der Waals surface area contributed by atoms with Gasteiger partial charge in [0.15, 0.2) is 0 Å². The van der Waals surface area contributed by atoms with E-state index in [0.717, 1.165) is 36.7 Å². The van der Waals surface area contributed by atoms with Crippen molar-refractivity contribution < 1.29 is 9.18 Å². The predicted octanol–water partition coefficient (Wildman–Crippen LogP) is 5.63. The molecule has 0 aliphatic heterocycles. The molecule has 0 spiro atoms. The average molecular weight is 414 g/mol. The lowest BCUT2D eigenvalue weighted by atomic mass is 9.88. The minimum Gasteiger partial charge on any atom is -0.346 e. The molecule has 1 unspecified atom stereocenters.